The molecule has 0 spiro atoms. The van der Waals surface area contributed by atoms with Gasteiger partial charge >= 0.3 is 6.09 Å². The molecular formula is C6H4IN3O2S. The van der Waals surface area contributed by atoms with Crippen molar-refractivity contribution < 1.29 is 9.53 Å². The molecule has 1 atom stereocenters. The zero-order chi connectivity index (χ0) is 9.42. The smallest absolute Gasteiger partial charge is 0.429 e. The van der Waals surface area contributed by atoms with Crippen molar-refractivity contribution in [3.63, 3.8) is 0 Å². The van der Waals surface area contributed by atoms with Gasteiger partial charge in [-0.25, -0.2) is 9.78 Å². The van der Waals surface area contributed by atoms with Gasteiger partial charge < -0.3 is 10.5 Å². The monoisotopic (exact) mass is 309 g/mol. The first kappa shape index (κ1) is 8.88. The molecule has 2 rings (SSSR count). The quantitative estimate of drug-likeness (QED) is 0.793. The molecule has 0 fully saturated rings. The zero-order valence-corrected chi connectivity index (χ0v) is 9.20. The summed E-state index contributed by atoms with van der Waals surface area (Å²) in [4.78, 5) is 18.2. The minimum absolute atomic E-state index is 0.177. The van der Waals surface area contributed by atoms with E-state index in [1.165, 1.54) is 11.3 Å². The van der Waals surface area contributed by atoms with Crippen LogP contribution in [0.2, 0.25) is 0 Å². The van der Waals surface area contributed by atoms with Crippen molar-refractivity contribution in [1.82, 2.24) is 4.98 Å². The lowest BCUT2D eigenvalue weighted by Crippen LogP contribution is -2.18. The van der Waals surface area contributed by atoms with Crippen LogP contribution in [-0.4, -0.2) is 16.9 Å². The number of aliphatic imine (C=N–C) groups is 1. The van der Waals surface area contributed by atoms with E-state index in [-0.39, 0.29) is 5.84 Å². The van der Waals surface area contributed by atoms with Crippen LogP contribution in [0.5, 0.6) is 0 Å². The van der Waals surface area contributed by atoms with Crippen molar-refractivity contribution in [2.24, 2.45) is 10.7 Å². The minimum atomic E-state index is -0.646. The van der Waals surface area contributed by atoms with Gasteiger partial charge in [-0.2, -0.15) is 4.99 Å². The van der Waals surface area contributed by atoms with E-state index in [1.54, 1.807) is 6.20 Å². The summed E-state index contributed by atoms with van der Waals surface area (Å²) in [6, 6.07) is 0. The van der Waals surface area contributed by atoms with Crippen LogP contribution in [0.25, 0.3) is 0 Å². The third-order valence-electron chi connectivity index (χ3n) is 1.43. The van der Waals surface area contributed by atoms with Gasteiger partial charge in [-0.1, -0.05) is 0 Å². The van der Waals surface area contributed by atoms with E-state index < -0.39 is 12.2 Å². The van der Waals surface area contributed by atoms with E-state index in [9.17, 15) is 4.79 Å². The van der Waals surface area contributed by atoms with E-state index >= 15 is 0 Å². The molecule has 1 aliphatic heterocycles. The van der Waals surface area contributed by atoms with Crippen molar-refractivity contribution in [2.75, 3.05) is 0 Å². The number of halogens is 1. The first-order chi connectivity index (χ1) is 6.16. The van der Waals surface area contributed by atoms with Crippen LogP contribution in [0.3, 0.4) is 0 Å². The number of hydrogen-bond donors (Lipinski definition) is 1. The fourth-order valence-electron chi connectivity index (χ4n) is 0.917. The molecule has 1 aromatic heterocycles. The summed E-state index contributed by atoms with van der Waals surface area (Å²) < 4.78 is 5.87. The van der Waals surface area contributed by atoms with Crippen molar-refractivity contribution in [1.29, 1.82) is 0 Å². The Morgan fingerprint density at radius 1 is 1.69 bits per heavy atom. The first-order valence-electron chi connectivity index (χ1n) is 3.32. The number of cyclic esters (lactones) is 1. The molecule has 2 heterocycles. The molecule has 0 aromatic carbocycles. The number of nitrogens with zero attached hydrogens (tertiary/aromatic N) is 2. The van der Waals surface area contributed by atoms with E-state index in [4.69, 9.17) is 10.5 Å². The maximum Gasteiger partial charge on any atom is 0.436 e. The molecule has 1 amide bonds. The predicted octanol–water partition coefficient (Wildman–Crippen LogP) is 1.30. The summed E-state index contributed by atoms with van der Waals surface area (Å²) in [7, 11) is 0. The predicted molar refractivity (Wildman–Crippen MR) is 55.7 cm³/mol. The number of aromatic nitrogens is 1. The van der Waals surface area contributed by atoms with Gasteiger partial charge in [0, 0.05) is 0 Å². The van der Waals surface area contributed by atoms with E-state index in [0.717, 1.165) is 2.88 Å². The highest BCUT2D eigenvalue weighted by molar-refractivity contribution is 14.1. The Morgan fingerprint density at radius 2 is 2.46 bits per heavy atom. The zero-order valence-electron chi connectivity index (χ0n) is 6.23. The van der Waals surface area contributed by atoms with Crippen molar-refractivity contribution in [3.05, 3.63) is 14.1 Å². The summed E-state index contributed by atoms with van der Waals surface area (Å²) in [5.74, 6) is 0.177. The standard InChI is InChI=1S/C6H4IN3O2S/c7-2-1-9-5(13-2)3-4(8)10-6(11)12-3/h1,3H,(H2,8,10,11). The maximum absolute atomic E-state index is 10.7. The summed E-state index contributed by atoms with van der Waals surface area (Å²) >= 11 is 3.56. The number of rotatable bonds is 1. The molecule has 68 valence electrons. The first-order valence-corrected chi connectivity index (χ1v) is 5.22. The van der Waals surface area contributed by atoms with Gasteiger partial charge in [0.2, 0.25) is 6.10 Å². The van der Waals surface area contributed by atoms with Crippen LogP contribution in [0.4, 0.5) is 4.79 Å². The average Bonchev–Trinajstić information content (AvgIpc) is 2.58. The molecule has 7 heteroatoms. The Balaban J connectivity index is 2.29. The molecule has 1 aromatic rings. The number of thiazole rings is 1. The highest BCUT2D eigenvalue weighted by atomic mass is 127. The van der Waals surface area contributed by atoms with Crippen LogP contribution in [-0.2, 0) is 4.74 Å². The fourth-order valence-corrected chi connectivity index (χ4v) is 2.42. The Kier molecular flexibility index (Phi) is 2.20. The molecule has 2 N–H and O–H groups in total. The molecule has 1 unspecified atom stereocenters. The second-order valence-corrected chi connectivity index (χ2v) is 5.26. The second-order valence-electron chi connectivity index (χ2n) is 2.30. The van der Waals surface area contributed by atoms with Crippen LogP contribution >= 0.6 is 33.9 Å². The number of hydrogen-bond acceptors (Lipinski definition) is 5. The lowest BCUT2D eigenvalue weighted by molar-refractivity contribution is 0.149. The Morgan fingerprint density at radius 3 is 2.92 bits per heavy atom. The summed E-state index contributed by atoms with van der Waals surface area (Å²) in [5, 5.41) is 0.663. The molecular weight excluding hydrogens is 305 g/mol. The van der Waals surface area contributed by atoms with Crippen molar-refractivity contribution in [3.8, 4) is 0 Å². The maximum atomic E-state index is 10.7. The molecule has 0 saturated carbocycles. The lowest BCUT2D eigenvalue weighted by atomic mass is 10.3. The van der Waals surface area contributed by atoms with Gasteiger partial charge in [-0.15, -0.1) is 11.3 Å². The molecule has 0 bridgehead atoms. The van der Waals surface area contributed by atoms with Crippen molar-refractivity contribution in [2.45, 2.75) is 6.10 Å². The Labute approximate surface area is 91.2 Å². The molecule has 0 saturated heterocycles. The van der Waals surface area contributed by atoms with E-state index in [0.29, 0.717) is 5.01 Å². The topological polar surface area (TPSA) is 77.6 Å². The summed E-state index contributed by atoms with van der Waals surface area (Å²) in [5.41, 5.74) is 5.48. The summed E-state index contributed by atoms with van der Waals surface area (Å²) in [6.07, 6.45) is 0.466. The van der Waals surface area contributed by atoms with Crippen LogP contribution < -0.4 is 5.73 Å². The highest BCUT2D eigenvalue weighted by Crippen LogP contribution is 2.27. The number of amides is 1. The lowest BCUT2D eigenvalue weighted by Gasteiger charge is -2.03. The van der Waals surface area contributed by atoms with Crippen LogP contribution in [0.15, 0.2) is 11.2 Å². The number of carbonyl (C=O) groups excluding carboxylic acids is 1. The number of ether oxygens (including phenoxy) is 1. The normalized spacial score (nSPS) is 21.5. The summed E-state index contributed by atoms with van der Waals surface area (Å²) in [6.45, 7) is 0. The fraction of sp³-hybridized carbons (Fsp3) is 0.167. The van der Waals surface area contributed by atoms with Crippen LogP contribution in [0.1, 0.15) is 11.1 Å². The average molecular weight is 309 g/mol. The number of nitrogens with two attached hydrogens (primary N) is 1. The largest absolute Gasteiger partial charge is 0.436 e. The molecule has 0 aliphatic carbocycles. The van der Waals surface area contributed by atoms with Gasteiger partial charge in [0.1, 0.15) is 5.01 Å². The number of amidine groups is 1. The number of carbonyl (C=O) groups is 1. The van der Waals surface area contributed by atoms with Gasteiger partial charge in [-0.3, -0.25) is 0 Å². The van der Waals surface area contributed by atoms with Gasteiger partial charge in [0.15, 0.2) is 5.84 Å². The SMILES string of the molecule is NC1=NC(=O)OC1c1ncc(I)s1. The second kappa shape index (κ2) is 3.22. The van der Waals surface area contributed by atoms with Gasteiger partial charge in [0.05, 0.1) is 9.08 Å². The van der Waals surface area contributed by atoms with Gasteiger partial charge in [-0.05, 0) is 22.6 Å². The van der Waals surface area contributed by atoms with Crippen molar-refractivity contribution >= 4 is 45.9 Å². The third-order valence-corrected chi connectivity index (χ3v) is 3.20. The Bertz CT molecular complexity index is 389. The van der Waals surface area contributed by atoms with Crippen LogP contribution in [0, 0.1) is 2.88 Å². The molecule has 5 nitrogen and oxygen atoms in total. The minimum Gasteiger partial charge on any atom is -0.429 e. The highest BCUT2D eigenvalue weighted by Gasteiger charge is 2.30. The van der Waals surface area contributed by atoms with Gasteiger partial charge in [0.25, 0.3) is 0 Å². The third kappa shape index (κ3) is 1.66. The molecule has 0 radical (unpaired) electrons. The molecule has 13 heavy (non-hydrogen) atoms. The van der Waals surface area contributed by atoms with E-state index in [2.05, 4.69) is 32.6 Å². The molecule has 1 aliphatic rings. The van der Waals surface area contributed by atoms with E-state index in [1.807, 2.05) is 0 Å². The Hall–Kier alpha value is -0.700.